The number of hydrogen-bond donors (Lipinski definition) is 3. The highest BCUT2D eigenvalue weighted by molar-refractivity contribution is 5.95. The first-order chi connectivity index (χ1) is 17.1. The van der Waals surface area contributed by atoms with Gasteiger partial charge in [-0.15, -0.1) is 0 Å². The van der Waals surface area contributed by atoms with Crippen molar-refractivity contribution in [2.75, 3.05) is 11.5 Å². The first kappa shape index (κ1) is 21.9. The molecule has 5 N–H and O–H groups in total. The zero-order chi connectivity index (χ0) is 24.0. The molecule has 0 unspecified atom stereocenters. The quantitative estimate of drug-likeness (QED) is 0.271. The third-order valence-corrected chi connectivity index (χ3v) is 5.46. The normalized spacial score (nSPS) is 12.7. The number of benzene rings is 4. The van der Waals surface area contributed by atoms with Crippen LogP contribution in [0.4, 0.5) is 11.4 Å². The fourth-order valence-corrected chi connectivity index (χ4v) is 3.80. The predicted octanol–water partition coefficient (Wildman–Crippen LogP) is 6.98. The molecular formula is C30H25N3O2. The fourth-order valence-electron chi connectivity index (χ4n) is 3.80. The molecule has 0 aliphatic carbocycles. The lowest BCUT2D eigenvalue weighted by atomic mass is 9.99. The van der Waals surface area contributed by atoms with Gasteiger partial charge in [0.05, 0.1) is 5.70 Å². The molecule has 35 heavy (non-hydrogen) atoms. The van der Waals surface area contributed by atoms with Gasteiger partial charge >= 0.3 is 0 Å². The third-order valence-electron chi connectivity index (χ3n) is 5.46. The maximum atomic E-state index is 5.94. The molecule has 0 amide bonds. The summed E-state index contributed by atoms with van der Waals surface area (Å²) in [4.78, 5) is 0. The van der Waals surface area contributed by atoms with E-state index in [9.17, 15) is 0 Å². The number of ether oxygens (including phenoxy) is 2. The van der Waals surface area contributed by atoms with Gasteiger partial charge in [-0.2, -0.15) is 0 Å². The Balaban J connectivity index is 1.40. The molecule has 0 spiro atoms. The summed E-state index contributed by atoms with van der Waals surface area (Å²) in [7, 11) is 0. The summed E-state index contributed by atoms with van der Waals surface area (Å²) in [6, 6.07) is 30.8. The number of nitrogens with one attached hydrogen (secondary N) is 1. The SMILES string of the molecule is Nc1cccc(Oc2ccc(C3=C(c4ccc(Oc5cccc(N)c5)cc4)NC=CC=C3)cc2)c1. The molecule has 4 aromatic carbocycles. The largest absolute Gasteiger partial charge is 0.457 e. The van der Waals surface area contributed by atoms with Gasteiger partial charge in [-0.3, -0.25) is 0 Å². The van der Waals surface area contributed by atoms with Crippen molar-refractivity contribution in [3.05, 3.63) is 133 Å². The Hall–Kier alpha value is -4.90. The van der Waals surface area contributed by atoms with E-state index in [4.69, 9.17) is 20.9 Å². The Kier molecular flexibility index (Phi) is 6.22. The van der Waals surface area contributed by atoms with Crippen molar-refractivity contribution in [2.45, 2.75) is 0 Å². The van der Waals surface area contributed by atoms with E-state index < -0.39 is 0 Å². The minimum absolute atomic E-state index is 0.666. The lowest BCUT2D eigenvalue weighted by Gasteiger charge is -2.14. The summed E-state index contributed by atoms with van der Waals surface area (Å²) in [5, 5.41) is 3.42. The molecule has 5 nitrogen and oxygen atoms in total. The molecule has 0 fully saturated rings. The fraction of sp³-hybridized carbons (Fsp3) is 0. The van der Waals surface area contributed by atoms with Crippen LogP contribution >= 0.6 is 0 Å². The van der Waals surface area contributed by atoms with Crippen LogP contribution in [0.1, 0.15) is 11.1 Å². The van der Waals surface area contributed by atoms with Crippen molar-refractivity contribution in [1.29, 1.82) is 0 Å². The van der Waals surface area contributed by atoms with Crippen LogP contribution in [-0.2, 0) is 0 Å². The van der Waals surface area contributed by atoms with Gasteiger partial charge < -0.3 is 26.3 Å². The van der Waals surface area contributed by atoms with Crippen LogP contribution < -0.4 is 26.3 Å². The number of nitrogen functional groups attached to an aromatic ring is 2. The van der Waals surface area contributed by atoms with E-state index in [2.05, 4.69) is 11.4 Å². The van der Waals surface area contributed by atoms with E-state index in [0.29, 0.717) is 22.9 Å². The summed E-state index contributed by atoms with van der Waals surface area (Å²) < 4.78 is 11.9. The number of allylic oxidation sites excluding steroid dienone is 4. The Morgan fingerprint density at radius 3 is 1.63 bits per heavy atom. The average molecular weight is 460 g/mol. The Morgan fingerprint density at radius 1 is 0.543 bits per heavy atom. The monoisotopic (exact) mass is 459 g/mol. The van der Waals surface area contributed by atoms with Gasteiger partial charge in [0.2, 0.25) is 0 Å². The molecular weight excluding hydrogens is 434 g/mol. The van der Waals surface area contributed by atoms with E-state index in [-0.39, 0.29) is 0 Å². The van der Waals surface area contributed by atoms with Crippen molar-refractivity contribution in [1.82, 2.24) is 5.32 Å². The molecule has 5 rings (SSSR count). The van der Waals surface area contributed by atoms with Crippen molar-refractivity contribution in [2.24, 2.45) is 0 Å². The van der Waals surface area contributed by atoms with Crippen LogP contribution in [0.25, 0.3) is 11.3 Å². The number of rotatable bonds is 6. The van der Waals surface area contributed by atoms with E-state index in [0.717, 1.165) is 33.9 Å². The summed E-state index contributed by atoms with van der Waals surface area (Å²) in [5.41, 5.74) is 17.2. The highest BCUT2D eigenvalue weighted by Crippen LogP contribution is 2.31. The van der Waals surface area contributed by atoms with Crippen LogP contribution in [0.2, 0.25) is 0 Å². The highest BCUT2D eigenvalue weighted by Gasteiger charge is 2.11. The lowest BCUT2D eigenvalue weighted by molar-refractivity contribution is 0.482. The number of anilines is 2. The lowest BCUT2D eigenvalue weighted by Crippen LogP contribution is -2.05. The maximum absolute atomic E-state index is 5.94. The standard InChI is InChI=1S/C30H25N3O2/c31-23-5-3-7-27(19-23)34-25-14-10-21(11-15-25)29-9-1-2-18-33-30(29)22-12-16-26(17-13-22)35-28-8-4-6-24(32)20-28/h1-20,33H,31-32H2. The molecule has 0 saturated carbocycles. The van der Waals surface area contributed by atoms with Crippen LogP contribution in [0, 0.1) is 0 Å². The van der Waals surface area contributed by atoms with Crippen LogP contribution in [0.15, 0.2) is 121 Å². The Labute approximate surface area is 204 Å². The number of hydrogen-bond acceptors (Lipinski definition) is 5. The summed E-state index contributed by atoms with van der Waals surface area (Å²) in [5.74, 6) is 2.90. The molecule has 5 heteroatoms. The second kappa shape index (κ2) is 9.93. The molecule has 1 heterocycles. The highest BCUT2D eigenvalue weighted by atomic mass is 16.5. The van der Waals surface area contributed by atoms with Crippen molar-refractivity contribution in [3.8, 4) is 23.0 Å². The predicted molar refractivity (Wildman–Crippen MR) is 143 cm³/mol. The van der Waals surface area contributed by atoms with Gasteiger partial charge in [0.15, 0.2) is 0 Å². The molecule has 0 atom stereocenters. The second-order valence-corrected chi connectivity index (χ2v) is 8.05. The van der Waals surface area contributed by atoms with Crippen molar-refractivity contribution in [3.63, 3.8) is 0 Å². The van der Waals surface area contributed by atoms with Gasteiger partial charge in [-0.25, -0.2) is 0 Å². The molecule has 0 bridgehead atoms. The van der Waals surface area contributed by atoms with E-state index >= 15 is 0 Å². The molecule has 1 aliphatic heterocycles. The van der Waals surface area contributed by atoms with Crippen molar-refractivity contribution >= 4 is 22.6 Å². The minimum Gasteiger partial charge on any atom is -0.457 e. The average Bonchev–Trinajstić information content (AvgIpc) is 3.11. The first-order valence-electron chi connectivity index (χ1n) is 11.3. The zero-order valence-electron chi connectivity index (χ0n) is 19.0. The Bertz CT molecular complexity index is 1420. The maximum Gasteiger partial charge on any atom is 0.129 e. The molecule has 0 radical (unpaired) electrons. The Morgan fingerprint density at radius 2 is 1.09 bits per heavy atom. The van der Waals surface area contributed by atoms with E-state index in [1.165, 1.54) is 0 Å². The van der Waals surface area contributed by atoms with E-state index in [1.54, 1.807) is 12.1 Å². The van der Waals surface area contributed by atoms with Gasteiger partial charge in [0.25, 0.3) is 0 Å². The van der Waals surface area contributed by atoms with Crippen LogP contribution in [0.3, 0.4) is 0 Å². The number of nitrogens with two attached hydrogens (primary N) is 2. The topological polar surface area (TPSA) is 82.5 Å². The molecule has 1 aliphatic rings. The smallest absolute Gasteiger partial charge is 0.129 e. The second-order valence-electron chi connectivity index (χ2n) is 8.05. The van der Waals surface area contributed by atoms with E-state index in [1.807, 2.05) is 103 Å². The summed E-state index contributed by atoms with van der Waals surface area (Å²) in [6.07, 6.45) is 8.01. The van der Waals surface area contributed by atoms with Gasteiger partial charge in [-0.05, 0) is 77.9 Å². The van der Waals surface area contributed by atoms with Crippen LogP contribution in [0.5, 0.6) is 23.0 Å². The van der Waals surface area contributed by atoms with Gasteiger partial charge in [0, 0.05) is 35.3 Å². The minimum atomic E-state index is 0.666. The van der Waals surface area contributed by atoms with Crippen molar-refractivity contribution < 1.29 is 9.47 Å². The summed E-state index contributed by atoms with van der Waals surface area (Å²) >= 11 is 0. The molecule has 4 aromatic rings. The zero-order valence-corrected chi connectivity index (χ0v) is 19.0. The van der Waals surface area contributed by atoms with Crippen LogP contribution in [-0.4, -0.2) is 0 Å². The van der Waals surface area contributed by atoms with Gasteiger partial charge in [-0.1, -0.05) is 36.4 Å². The summed E-state index contributed by atoms with van der Waals surface area (Å²) in [6.45, 7) is 0. The third kappa shape index (κ3) is 5.37. The molecule has 172 valence electrons. The molecule has 0 aromatic heterocycles. The van der Waals surface area contributed by atoms with Gasteiger partial charge in [0.1, 0.15) is 23.0 Å². The molecule has 0 saturated heterocycles. The first-order valence-corrected chi connectivity index (χ1v) is 11.3.